The van der Waals surface area contributed by atoms with Crippen LogP contribution in [0.15, 0.2) is 48.5 Å². The van der Waals surface area contributed by atoms with E-state index in [1.807, 2.05) is 30.3 Å². The van der Waals surface area contributed by atoms with Crippen molar-refractivity contribution in [1.82, 2.24) is 5.32 Å². The van der Waals surface area contributed by atoms with E-state index in [4.69, 9.17) is 0 Å². The standard InChI is InChI=1S/C16H18FN/c1-12-10-14(8-9-16(12)17)11-18-13(2)15-6-4-3-5-7-15/h3-10,13,18H,11H2,1-2H3/t13-/m1/s1. The van der Waals surface area contributed by atoms with Crippen molar-refractivity contribution in [3.05, 3.63) is 71.0 Å². The fourth-order valence-electron chi connectivity index (χ4n) is 1.95. The van der Waals surface area contributed by atoms with Crippen LogP contribution >= 0.6 is 0 Å². The molecule has 2 heteroatoms. The summed E-state index contributed by atoms with van der Waals surface area (Å²) in [5.41, 5.74) is 3.06. The fourth-order valence-corrected chi connectivity index (χ4v) is 1.95. The number of hydrogen-bond acceptors (Lipinski definition) is 1. The van der Waals surface area contributed by atoms with Gasteiger partial charge >= 0.3 is 0 Å². The first kappa shape index (κ1) is 12.8. The lowest BCUT2D eigenvalue weighted by atomic mass is 10.1. The van der Waals surface area contributed by atoms with Crippen LogP contribution in [0.3, 0.4) is 0 Å². The Hall–Kier alpha value is -1.67. The number of nitrogens with one attached hydrogen (secondary N) is 1. The van der Waals surface area contributed by atoms with E-state index in [0.29, 0.717) is 5.56 Å². The van der Waals surface area contributed by atoms with Crippen molar-refractivity contribution in [3.8, 4) is 0 Å². The predicted octanol–water partition coefficient (Wildman–Crippen LogP) is 3.98. The molecule has 18 heavy (non-hydrogen) atoms. The van der Waals surface area contributed by atoms with E-state index < -0.39 is 0 Å². The van der Waals surface area contributed by atoms with Gasteiger partial charge in [-0.3, -0.25) is 0 Å². The Morgan fingerprint density at radius 2 is 1.83 bits per heavy atom. The SMILES string of the molecule is Cc1cc(CN[C@H](C)c2ccccc2)ccc1F. The lowest BCUT2D eigenvalue weighted by molar-refractivity contribution is 0.572. The fraction of sp³-hybridized carbons (Fsp3) is 0.250. The second-order valence-corrected chi connectivity index (χ2v) is 4.60. The molecule has 0 saturated carbocycles. The first-order chi connectivity index (χ1) is 8.66. The molecule has 0 fully saturated rings. The van der Waals surface area contributed by atoms with E-state index in [1.165, 1.54) is 11.6 Å². The Morgan fingerprint density at radius 1 is 1.11 bits per heavy atom. The largest absolute Gasteiger partial charge is 0.306 e. The zero-order valence-corrected chi connectivity index (χ0v) is 10.8. The lowest BCUT2D eigenvalue weighted by Crippen LogP contribution is -2.18. The Morgan fingerprint density at radius 3 is 2.50 bits per heavy atom. The zero-order chi connectivity index (χ0) is 13.0. The Balaban J connectivity index is 1.97. The van der Waals surface area contributed by atoms with E-state index >= 15 is 0 Å². The molecule has 94 valence electrons. The highest BCUT2D eigenvalue weighted by molar-refractivity contribution is 5.24. The topological polar surface area (TPSA) is 12.0 Å². The third-order valence-corrected chi connectivity index (χ3v) is 3.13. The molecule has 0 saturated heterocycles. The maximum Gasteiger partial charge on any atom is 0.126 e. The van der Waals surface area contributed by atoms with Crippen LogP contribution < -0.4 is 5.32 Å². The average Bonchev–Trinajstić information content (AvgIpc) is 2.41. The first-order valence-corrected chi connectivity index (χ1v) is 6.20. The minimum Gasteiger partial charge on any atom is -0.306 e. The van der Waals surface area contributed by atoms with Crippen molar-refractivity contribution in [1.29, 1.82) is 0 Å². The van der Waals surface area contributed by atoms with E-state index in [-0.39, 0.29) is 11.9 Å². The van der Waals surface area contributed by atoms with Crippen molar-refractivity contribution in [3.63, 3.8) is 0 Å². The van der Waals surface area contributed by atoms with Crippen LogP contribution in [0.2, 0.25) is 0 Å². The minimum absolute atomic E-state index is 0.144. The highest BCUT2D eigenvalue weighted by Crippen LogP contribution is 2.13. The molecule has 0 amide bonds. The number of rotatable bonds is 4. The normalized spacial score (nSPS) is 12.4. The van der Waals surface area contributed by atoms with E-state index in [9.17, 15) is 4.39 Å². The Bertz CT molecular complexity index is 508. The molecule has 2 aromatic carbocycles. The number of hydrogen-bond donors (Lipinski definition) is 1. The van der Waals surface area contributed by atoms with Gasteiger partial charge in [0.1, 0.15) is 5.82 Å². The van der Waals surface area contributed by atoms with Crippen molar-refractivity contribution < 1.29 is 4.39 Å². The summed E-state index contributed by atoms with van der Waals surface area (Å²) < 4.78 is 13.1. The number of aryl methyl sites for hydroxylation is 1. The molecule has 1 N–H and O–H groups in total. The van der Waals surface area contributed by atoms with Gasteiger partial charge in [-0.15, -0.1) is 0 Å². The first-order valence-electron chi connectivity index (χ1n) is 6.20. The van der Waals surface area contributed by atoms with Gasteiger partial charge in [0.2, 0.25) is 0 Å². The predicted molar refractivity (Wildman–Crippen MR) is 72.8 cm³/mol. The summed E-state index contributed by atoms with van der Waals surface area (Å²) in [6.45, 7) is 4.67. The van der Waals surface area contributed by atoms with Gasteiger partial charge in [-0.05, 0) is 36.6 Å². The number of halogens is 1. The van der Waals surface area contributed by atoms with Gasteiger partial charge in [0, 0.05) is 12.6 Å². The molecule has 1 nitrogen and oxygen atoms in total. The van der Waals surface area contributed by atoms with Gasteiger partial charge in [0.15, 0.2) is 0 Å². The maximum absolute atomic E-state index is 13.1. The van der Waals surface area contributed by atoms with Crippen molar-refractivity contribution >= 4 is 0 Å². The van der Waals surface area contributed by atoms with E-state index in [2.05, 4.69) is 24.4 Å². The molecule has 0 spiro atoms. The summed E-state index contributed by atoms with van der Waals surface area (Å²) in [7, 11) is 0. The monoisotopic (exact) mass is 243 g/mol. The van der Waals surface area contributed by atoms with E-state index in [0.717, 1.165) is 12.1 Å². The molecule has 0 unspecified atom stereocenters. The van der Waals surface area contributed by atoms with Gasteiger partial charge in [0.25, 0.3) is 0 Å². The summed E-state index contributed by atoms with van der Waals surface area (Å²) in [4.78, 5) is 0. The van der Waals surface area contributed by atoms with Crippen LogP contribution in [0.1, 0.15) is 29.7 Å². The molecule has 0 heterocycles. The Labute approximate surface area is 108 Å². The molecule has 2 rings (SSSR count). The highest BCUT2D eigenvalue weighted by atomic mass is 19.1. The lowest BCUT2D eigenvalue weighted by Gasteiger charge is -2.14. The molecule has 0 aliphatic rings. The minimum atomic E-state index is -0.144. The van der Waals surface area contributed by atoms with Gasteiger partial charge < -0.3 is 5.32 Å². The van der Waals surface area contributed by atoms with Crippen molar-refractivity contribution in [2.45, 2.75) is 26.4 Å². The van der Waals surface area contributed by atoms with Crippen LogP contribution in [0.25, 0.3) is 0 Å². The van der Waals surface area contributed by atoms with Crippen LogP contribution in [0, 0.1) is 12.7 Å². The molecule has 0 aliphatic heterocycles. The quantitative estimate of drug-likeness (QED) is 0.856. The summed E-state index contributed by atoms with van der Waals surface area (Å²) in [5, 5.41) is 3.44. The van der Waals surface area contributed by atoms with Gasteiger partial charge in [0.05, 0.1) is 0 Å². The van der Waals surface area contributed by atoms with Crippen molar-refractivity contribution in [2.75, 3.05) is 0 Å². The average molecular weight is 243 g/mol. The molecule has 2 aromatic rings. The van der Waals surface area contributed by atoms with Crippen molar-refractivity contribution in [2.24, 2.45) is 0 Å². The second-order valence-electron chi connectivity index (χ2n) is 4.60. The molecule has 0 bridgehead atoms. The molecule has 0 aromatic heterocycles. The summed E-state index contributed by atoms with van der Waals surface area (Å²) in [6.07, 6.45) is 0. The molecule has 0 aliphatic carbocycles. The molecule has 0 radical (unpaired) electrons. The highest BCUT2D eigenvalue weighted by Gasteiger charge is 2.04. The summed E-state index contributed by atoms with van der Waals surface area (Å²) in [6, 6.07) is 15.8. The Kier molecular flexibility index (Phi) is 4.11. The van der Waals surface area contributed by atoms with Crippen LogP contribution in [0.5, 0.6) is 0 Å². The van der Waals surface area contributed by atoms with Gasteiger partial charge in [-0.25, -0.2) is 4.39 Å². The van der Waals surface area contributed by atoms with E-state index in [1.54, 1.807) is 6.92 Å². The molecule has 1 atom stereocenters. The zero-order valence-electron chi connectivity index (χ0n) is 10.8. The second kappa shape index (κ2) is 5.78. The van der Waals surface area contributed by atoms with Crippen LogP contribution in [0.4, 0.5) is 4.39 Å². The smallest absolute Gasteiger partial charge is 0.126 e. The van der Waals surface area contributed by atoms with Crippen LogP contribution in [-0.4, -0.2) is 0 Å². The third-order valence-electron chi connectivity index (χ3n) is 3.13. The third kappa shape index (κ3) is 3.17. The summed E-state index contributed by atoms with van der Waals surface area (Å²) >= 11 is 0. The summed E-state index contributed by atoms with van der Waals surface area (Å²) in [5.74, 6) is -0.144. The molecular formula is C16H18FN. The molecular weight excluding hydrogens is 225 g/mol. The van der Waals surface area contributed by atoms with Crippen LogP contribution in [-0.2, 0) is 6.54 Å². The number of benzene rings is 2. The van der Waals surface area contributed by atoms with Gasteiger partial charge in [-0.2, -0.15) is 0 Å². The maximum atomic E-state index is 13.1. The van der Waals surface area contributed by atoms with Gasteiger partial charge in [-0.1, -0.05) is 42.5 Å².